The van der Waals surface area contributed by atoms with Gasteiger partial charge < -0.3 is 5.32 Å². The zero-order chi connectivity index (χ0) is 12.4. The van der Waals surface area contributed by atoms with Crippen molar-refractivity contribution in [1.29, 1.82) is 0 Å². The molecule has 0 aromatic carbocycles. The van der Waals surface area contributed by atoms with Gasteiger partial charge in [0.25, 0.3) is 0 Å². The summed E-state index contributed by atoms with van der Waals surface area (Å²) < 4.78 is 0.703. The summed E-state index contributed by atoms with van der Waals surface area (Å²) in [7, 11) is 0. The molecule has 0 aliphatic rings. The maximum atomic E-state index is 5.89. The van der Waals surface area contributed by atoms with Crippen LogP contribution in [-0.4, -0.2) is 16.5 Å². The predicted molar refractivity (Wildman–Crippen MR) is 75.1 cm³/mol. The summed E-state index contributed by atoms with van der Waals surface area (Å²) in [5.41, 5.74) is 1.07. The molecular weight excluding hydrogens is 274 g/mol. The Labute approximate surface area is 114 Å². The first-order valence-electron chi connectivity index (χ1n) is 5.44. The summed E-state index contributed by atoms with van der Waals surface area (Å²) >= 11 is 9.05. The van der Waals surface area contributed by atoms with Crippen LogP contribution in [0.3, 0.4) is 0 Å². The standard InChI is InChI=1S/C11H14ClN3S2/c1-4-13-6(2)9-7(3)15-11(17-9)10-14-5-8(12)16-10/h5-6,13H,4H2,1-3H3. The van der Waals surface area contributed by atoms with Crippen molar-refractivity contribution in [2.45, 2.75) is 26.8 Å². The Hall–Kier alpha value is -0.490. The molecule has 0 aliphatic carbocycles. The number of aryl methyl sites for hydroxylation is 1. The monoisotopic (exact) mass is 287 g/mol. The van der Waals surface area contributed by atoms with E-state index in [4.69, 9.17) is 11.6 Å². The van der Waals surface area contributed by atoms with Crippen molar-refractivity contribution in [1.82, 2.24) is 15.3 Å². The van der Waals surface area contributed by atoms with E-state index >= 15 is 0 Å². The van der Waals surface area contributed by atoms with E-state index in [0.717, 1.165) is 22.3 Å². The quantitative estimate of drug-likeness (QED) is 0.927. The Morgan fingerprint density at radius 1 is 1.41 bits per heavy atom. The molecule has 0 saturated carbocycles. The molecule has 0 aliphatic heterocycles. The van der Waals surface area contributed by atoms with Gasteiger partial charge in [-0.2, -0.15) is 0 Å². The van der Waals surface area contributed by atoms with Gasteiger partial charge in [-0.25, -0.2) is 9.97 Å². The van der Waals surface area contributed by atoms with Gasteiger partial charge in [-0.1, -0.05) is 29.9 Å². The first kappa shape index (κ1) is 13.0. The highest BCUT2D eigenvalue weighted by Crippen LogP contribution is 2.34. The zero-order valence-electron chi connectivity index (χ0n) is 9.95. The van der Waals surface area contributed by atoms with Crippen molar-refractivity contribution < 1.29 is 0 Å². The molecule has 2 aromatic heterocycles. The molecule has 1 N–H and O–H groups in total. The van der Waals surface area contributed by atoms with Gasteiger partial charge in [0.05, 0.1) is 11.9 Å². The molecule has 0 fully saturated rings. The van der Waals surface area contributed by atoms with E-state index in [1.54, 1.807) is 17.5 Å². The summed E-state index contributed by atoms with van der Waals surface area (Å²) in [4.78, 5) is 10.1. The second kappa shape index (κ2) is 5.44. The first-order valence-corrected chi connectivity index (χ1v) is 7.45. The lowest BCUT2D eigenvalue weighted by Gasteiger charge is -2.09. The SMILES string of the molecule is CCNC(C)c1sc(-c2ncc(Cl)s2)nc1C. The molecule has 92 valence electrons. The average molecular weight is 288 g/mol. The van der Waals surface area contributed by atoms with E-state index in [9.17, 15) is 0 Å². The maximum absolute atomic E-state index is 5.89. The molecule has 6 heteroatoms. The molecule has 1 unspecified atom stereocenters. The Bertz CT molecular complexity index is 507. The van der Waals surface area contributed by atoms with Crippen LogP contribution in [0.5, 0.6) is 0 Å². The Kier molecular flexibility index (Phi) is 4.14. The second-order valence-corrected chi connectivity index (χ2v) is 6.41. The molecule has 17 heavy (non-hydrogen) atoms. The van der Waals surface area contributed by atoms with E-state index in [-0.39, 0.29) is 0 Å². The van der Waals surface area contributed by atoms with Crippen LogP contribution in [0.4, 0.5) is 0 Å². The lowest BCUT2D eigenvalue weighted by Crippen LogP contribution is -2.17. The summed E-state index contributed by atoms with van der Waals surface area (Å²) in [6.45, 7) is 7.26. The fourth-order valence-electron chi connectivity index (χ4n) is 1.65. The van der Waals surface area contributed by atoms with E-state index in [0.29, 0.717) is 10.4 Å². The Morgan fingerprint density at radius 3 is 2.76 bits per heavy atom. The van der Waals surface area contributed by atoms with Crippen molar-refractivity contribution in [3.8, 4) is 10.0 Å². The van der Waals surface area contributed by atoms with Crippen LogP contribution in [0.2, 0.25) is 4.34 Å². The minimum atomic E-state index is 0.335. The zero-order valence-corrected chi connectivity index (χ0v) is 12.3. The second-order valence-electron chi connectivity index (χ2n) is 3.72. The van der Waals surface area contributed by atoms with Gasteiger partial charge in [-0.3, -0.25) is 0 Å². The third-order valence-corrected chi connectivity index (χ3v) is 4.99. The van der Waals surface area contributed by atoms with Gasteiger partial charge in [0.1, 0.15) is 4.34 Å². The predicted octanol–water partition coefficient (Wildman–Crippen LogP) is 3.90. The van der Waals surface area contributed by atoms with Crippen LogP contribution in [0.25, 0.3) is 10.0 Å². The van der Waals surface area contributed by atoms with Gasteiger partial charge in [0.15, 0.2) is 10.0 Å². The largest absolute Gasteiger partial charge is 0.310 e. The van der Waals surface area contributed by atoms with E-state index < -0.39 is 0 Å². The molecule has 3 nitrogen and oxygen atoms in total. The Morgan fingerprint density at radius 2 is 2.18 bits per heavy atom. The van der Waals surface area contributed by atoms with Crippen LogP contribution >= 0.6 is 34.3 Å². The van der Waals surface area contributed by atoms with E-state index in [2.05, 4.69) is 29.1 Å². The minimum absolute atomic E-state index is 0.335. The number of thiazole rings is 2. The highest BCUT2D eigenvalue weighted by atomic mass is 35.5. The van der Waals surface area contributed by atoms with E-state index in [1.165, 1.54) is 16.2 Å². The fraction of sp³-hybridized carbons (Fsp3) is 0.455. The lowest BCUT2D eigenvalue weighted by atomic mass is 10.2. The summed E-state index contributed by atoms with van der Waals surface area (Å²) in [6.07, 6.45) is 1.67. The normalized spacial score (nSPS) is 12.9. The number of rotatable bonds is 4. The van der Waals surface area contributed by atoms with Crippen molar-refractivity contribution in [2.75, 3.05) is 6.54 Å². The average Bonchev–Trinajstić information content (AvgIpc) is 2.85. The minimum Gasteiger partial charge on any atom is -0.310 e. The molecule has 1 atom stereocenters. The topological polar surface area (TPSA) is 37.8 Å². The van der Waals surface area contributed by atoms with Gasteiger partial charge in [0, 0.05) is 10.9 Å². The van der Waals surface area contributed by atoms with Gasteiger partial charge in [-0.05, 0) is 20.4 Å². The molecule has 2 heterocycles. The van der Waals surface area contributed by atoms with Crippen molar-refractivity contribution >= 4 is 34.3 Å². The molecule has 0 amide bonds. The van der Waals surface area contributed by atoms with Gasteiger partial charge in [0.2, 0.25) is 0 Å². The third-order valence-electron chi connectivity index (χ3n) is 2.40. The van der Waals surface area contributed by atoms with E-state index in [1.807, 2.05) is 6.92 Å². The number of nitrogens with zero attached hydrogens (tertiary/aromatic N) is 2. The number of nitrogens with one attached hydrogen (secondary N) is 1. The highest BCUT2D eigenvalue weighted by Gasteiger charge is 2.16. The fourth-order valence-corrected chi connectivity index (χ4v) is 3.68. The van der Waals surface area contributed by atoms with Crippen LogP contribution in [-0.2, 0) is 0 Å². The summed E-state index contributed by atoms with van der Waals surface area (Å²) in [6, 6.07) is 0.335. The number of hydrogen-bond donors (Lipinski definition) is 1. The summed E-state index contributed by atoms with van der Waals surface area (Å²) in [5.74, 6) is 0. The van der Waals surface area contributed by atoms with Gasteiger partial charge >= 0.3 is 0 Å². The molecule has 0 radical (unpaired) electrons. The Balaban J connectivity index is 2.30. The van der Waals surface area contributed by atoms with Crippen LogP contribution in [0.1, 0.15) is 30.5 Å². The van der Waals surface area contributed by atoms with Crippen LogP contribution < -0.4 is 5.32 Å². The molecule has 2 aromatic rings. The van der Waals surface area contributed by atoms with Gasteiger partial charge in [-0.15, -0.1) is 11.3 Å². The third kappa shape index (κ3) is 2.85. The smallest absolute Gasteiger partial charge is 0.153 e. The van der Waals surface area contributed by atoms with Crippen LogP contribution in [0.15, 0.2) is 6.20 Å². The lowest BCUT2D eigenvalue weighted by molar-refractivity contribution is 0.603. The molecule has 0 saturated heterocycles. The maximum Gasteiger partial charge on any atom is 0.153 e. The molecule has 0 spiro atoms. The number of hydrogen-bond acceptors (Lipinski definition) is 5. The highest BCUT2D eigenvalue weighted by molar-refractivity contribution is 7.23. The van der Waals surface area contributed by atoms with Crippen molar-refractivity contribution in [3.63, 3.8) is 0 Å². The molecule has 0 bridgehead atoms. The van der Waals surface area contributed by atoms with Crippen LogP contribution in [0, 0.1) is 6.92 Å². The molecular formula is C11H14ClN3S2. The van der Waals surface area contributed by atoms with Crippen molar-refractivity contribution in [2.24, 2.45) is 0 Å². The number of halogens is 1. The summed E-state index contributed by atoms with van der Waals surface area (Å²) in [5, 5.41) is 5.26. The number of aromatic nitrogens is 2. The first-order chi connectivity index (χ1) is 8.11. The van der Waals surface area contributed by atoms with Crippen molar-refractivity contribution in [3.05, 3.63) is 21.1 Å². The molecule has 2 rings (SSSR count).